The lowest BCUT2D eigenvalue weighted by atomic mass is 10.0. The van der Waals surface area contributed by atoms with Crippen molar-refractivity contribution >= 4 is 27.4 Å². The molecule has 0 saturated heterocycles. The van der Waals surface area contributed by atoms with Gasteiger partial charge in [-0.15, -0.1) is 0 Å². The van der Waals surface area contributed by atoms with Crippen LogP contribution in [0.2, 0.25) is 0 Å². The van der Waals surface area contributed by atoms with Crippen molar-refractivity contribution in [3.63, 3.8) is 0 Å². The average molecular weight is 437 g/mol. The fourth-order valence-electron chi connectivity index (χ4n) is 3.64. The third-order valence-electron chi connectivity index (χ3n) is 5.58. The molecule has 31 heavy (non-hydrogen) atoms. The Labute approximate surface area is 179 Å². The molecule has 0 N–H and O–H groups in total. The number of nitrogens with zero attached hydrogens (tertiary/aromatic N) is 1. The van der Waals surface area contributed by atoms with Crippen LogP contribution in [0.1, 0.15) is 48.0 Å². The maximum absolute atomic E-state index is 13.0. The number of hydrogen-bond donors (Lipinski definition) is 0. The first-order valence-electron chi connectivity index (χ1n) is 9.49. The number of sulfone groups is 1. The molecule has 0 atom stereocenters. The van der Waals surface area contributed by atoms with Crippen molar-refractivity contribution in [3.8, 4) is 0 Å². The summed E-state index contributed by atoms with van der Waals surface area (Å²) in [6, 6.07) is 11.4. The lowest BCUT2D eigenvalue weighted by molar-refractivity contribution is 0.0474. The first-order valence-corrected chi connectivity index (χ1v) is 11.0. The number of hydrogen-bond acceptors (Lipinski definition) is 6. The van der Waals surface area contributed by atoms with Gasteiger partial charge in [0.15, 0.2) is 12.4 Å². The summed E-state index contributed by atoms with van der Waals surface area (Å²) in [4.78, 5) is 37.3. The van der Waals surface area contributed by atoms with Gasteiger partial charge >= 0.3 is 5.97 Å². The van der Waals surface area contributed by atoms with Crippen molar-refractivity contribution in [3.05, 3.63) is 82.2 Å². The molecule has 0 spiro atoms. The Morgan fingerprint density at radius 1 is 0.968 bits per heavy atom. The van der Waals surface area contributed by atoms with Crippen molar-refractivity contribution < 1.29 is 27.5 Å². The maximum Gasteiger partial charge on any atom is 0.338 e. The zero-order valence-corrected chi connectivity index (χ0v) is 17.9. The zero-order valence-electron chi connectivity index (χ0n) is 17.1. The number of ketones is 2. The van der Waals surface area contributed by atoms with E-state index in [1.165, 1.54) is 30.3 Å². The molecule has 1 aliphatic rings. The highest BCUT2D eigenvalue weighted by atomic mass is 32.2. The number of aromatic nitrogens is 1. The van der Waals surface area contributed by atoms with Crippen LogP contribution in [0, 0.1) is 13.8 Å². The summed E-state index contributed by atoms with van der Waals surface area (Å²) < 4.78 is 32.9. The minimum atomic E-state index is -3.97. The molecule has 2 aromatic carbocycles. The van der Waals surface area contributed by atoms with Crippen LogP contribution in [0.25, 0.3) is 0 Å². The van der Waals surface area contributed by atoms with Gasteiger partial charge in [-0.3, -0.25) is 9.59 Å². The number of aryl methyl sites for hydroxylation is 1. The van der Waals surface area contributed by atoms with Gasteiger partial charge < -0.3 is 9.30 Å². The highest BCUT2D eigenvalue weighted by molar-refractivity contribution is 7.91. The van der Waals surface area contributed by atoms with E-state index in [1.807, 2.05) is 18.5 Å². The topological polar surface area (TPSA) is 99.5 Å². The lowest BCUT2D eigenvalue weighted by Gasteiger charge is -2.19. The molecule has 8 heteroatoms. The smallest absolute Gasteiger partial charge is 0.338 e. The lowest BCUT2D eigenvalue weighted by Crippen LogP contribution is -2.21. The van der Waals surface area contributed by atoms with Gasteiger partial charge in [-0.1, -0.05) is 12.1 Å². The van der Waals surface area contributed by atoms with Crippen molar-refractivity contribution in [2.75, 3.05) is 6.61 Å². The van der Waals surface area contributed by atoms with Crippen LogP contribution in [0.15, 0.2) is 58.3 Å². The Morgan fingerprint density at radius 2 is 1.65 bits per heavy atom. The Hall–Kier alpha value is -3.52. The van der Waals surface area contributed by atoms with Crippen molar-refractivity contribution in [1.82, 2.24) is 4.57 Å². The number of fused-ring (bicyclic) bond motifs is 2. The summed E-state index contributed by atoms with van der Waals surface area (Å²) in [5.74, 6) is -1.63. The molecule has 0 unspecified atom stereocenters. The summed E-state index contributed by atoms with van der Waals surface area (Å²) in [6.45, 7) is 3.18. The SMILES string of the molecule is Cc1cc(C(=O)COC(=O)c2ccc3c(c2)S(=O)(=O)c2ccccc2C3=O)c(C)n1C. The average Bonchev–Trinajstić information content (AvgIpc) is 3.03. The summed E-state index contributed by atoms with van der Waals surface area (Å²) in [5.41, 5.74) is 2.17. The minimum absolute atomic E-state index is 0.00159. The van der Waals surface area contributed by atoms with Gasteiger partial charge in [-0.25, -0.2) is 13.2 Å². The Kier molecular flexibility index (Phi) is 4.89. The molecular weight excluding hydrogens is 418 g/mol. The van der Waals surface area contributed by atoms with E-state index in [-0.39, 0.29) is 32.3 Å². The first kappa shape index (κ1) is 20.7. The molecule has 3 aromatic rings. The summed E-state index contributed by atoms with van der Waals surface area (Å²) in [6.07, 6.45) is 0. The number of carbonyl (C=O) groups excluding carboxylic acids is 3. The largest absolute Gasteiger partial charge is 0.454 e. The Balaban J connectivity index is 1.60. The van der Waals surface area contributed by atoms with Gasteiger partial charge in [0.25, 0.3) is 0 Å². The normalized spacial score (nSPS) is 14.0. The number of benzene rings is 2. The Bertz CT molecular complexity index is 1380. The van der Waals surface area contributed by atoms with Crippen LogP contribution in [-0.2, 0) is 21.6 Å². The fraction of sp³-hybridized carbons (Fsp3) is 0.174. The van der Waals surface area contributed by atoms with Gasteiger partial charge in [-0.2, -0.15) is 0 Å². The molecule has 7 nitrogen and oxygen atoms in total. The molecule has 158 valence electrons. The van der Waals surface area contributed by atoms with E-state index in [4.69, 9.17) is 4.74 Å². The van der Waals surface area contributed by atoms with Crippen LogP contribution in [0.4, 0.5) is 0 Å². The highest BCUT2D eigenvalue weighted by Crippen LogP contribution is 2.34. The van der Waals surface area contributed by atoms with Crippen molar-refractivity contribution in [2.24, 2.45) is 7.05 Å². The molecule has 2 heterocycles. The number of rotatable bonds is 4. The van der Waals surface area contributed by atoms with Crippen LogP contribution < -0.4 is 0 Å². The molecule has 0 radical (unpaired) electrons. The Morgan fingerprint density at radius 3 is 2.32 bits per heavy atom. The van der Waals surface area contributed by atoms with E-state index >= 15 is 0 Å². The second-order valence-corrected chi connectivity index (χ2v) is 9.27. The number of Topliss-reactive ketones (excluding diaryl/α,β-unsaturated/α-hetero) is 1. The third kappa shape index (κ3) is 3.29. The van der Waals surface area contributed by atoms with Gasteiger partial charge in [0, 0.05) is 35.1 Å². The molecule has 0 fully saturated rings. The fourth-order valence-corrected chi connectivity index (χ4v) is 5.32. The second-order valence-electron chi connectivity index (χ2n) is 7.38. The van der Waals surface area contributed by atoms with E-state index in [1.54, 1.807) is 19.1 Å². The molecule has 0 amide bonds. The van der Waals surface area contributed by atoms with Crippen molar-refractivity contribution in [1.29, 1.82) is 0 Å². The molecule has 1 aliphatic heterocycles. The zero-order chi connectivity index (χ0) is 22.5. The molecule has 0 aliphatic carbocycles. The third-order valence-corrected chi connectivity index (χ3v) is 7.43. The van der Waals surface area contributed by atoms with Gasteiger partial charge in [-0.05, 0) is 50.2 Å². The summed E-state index contributed by atoms with van der Waals surface area (Å²) in [5, 5.41) is 0. The molecule has 0 saturated carbocycles. The van der Waals surface area contributed by atoms with E-state index < -0.39 is 28.2 Å². The first-order chi connectivity index (χ1) is 14.6. The minimum Gasteiger partial charge on any atom is -0.454 e. The van der Waals surface area contributed by atoms with E-state index in [0.29, 0.717) is 5.56 Å². The van der Waals surface area contributed by atoms with Crippen LogP contribution >= 0.6 is 0 Å². The maximum atomic E-state index is 13.0. The van der Waals surface area contributed by atoms with Crippen molar-refractivity contribution in [2.45, 2.75) is 23.6 Å². The molecule has 1 aromatic heterocycles. The number of ether oxygens (including phenoxy) is 1. The number of esters is 1. The molecule has 0 bridgehead atoms. The van der Waals surface area contributed by atoms with E-state index in [0.717, 1.165) is 17.5 Å². The van der Waals surface area contributed by atoms with E-state index in [2.05, 4.69) is 0 Å². The molecular formula is C23H19NO6S. The van der Waals surface area contributed by atoms with Crippen LogP contribution in [0.5, 0.6) is 0 Å². The highest BCUT2D eigenvalue weighted by Gasteiger charge is 2.35. The van der Waals surface area contributed by atoms with Gasteiger partial charge in [0.05, 0.1) is 15.4 Å². The second kappa shape index (κ2) is 7.31. The predicted octanol–water partition coefficient (Wildman–Crippen LogP) is 3.06. The summed E-state index contributed by atoms with van der Waals surface area (Å²) >= 11 is 0. The summed E-state index contributed by atoms with van der Waals surface area (Å²) in [7, 11) is -2.14. The van der Waals surface area contributed by atoms with Crippen LogP contribution in [0.3, 0.4) is 0 Å². The quantitative estimate of drug-likeness (QED) is 0.359. The van der Waals surface area contributed by atoms with Gasteiger partial charge in [0.2, 0.25) is 15.6 Å². The van der Waals surface area contributed by atoms with Gasteiger partial charge in [0.1, 0.15) is 0 Å². The van der Waals surface area contributed by atoms with Crippen LogP contribution in [-0.4, -0.2) is 37.1 Å². The molecule has 4 rings (SSSR count). The predicted molar refractivity (Wildman–Crippen MR) is 111 cm³/mol. The monoisotopic (exact) mass is 437 g/mol. The standard InChI is InChI=1S/C23H19NO6S/c1-13-10-18(14(2)24(13)3)19(25)12-30-23(27)15-8-9-17-21(11-15)31(28,29)20-7-5-4-6-16(20)22(17)26/h4-11H,12H2,1-3H3. The number of carbonyl (C=O) groups is 3. The van der Waals surface area contributed by atoms with E-state index in [9.17, 15) is 22.8 Å².